The average Bonchev–Trinajstić information content (AvgIpc) is 3.07. The van der Waals surface area contributed by atoms with Crippen molar-refractivity contribution in [3.8, 4) is 5.75 Å². The number of piperidine rings is 1. The van der Waals surface area contributed by atoms with Crippen molar-refractivity contribution < 1.29 is 24.2 Å². The zero-order chi connectivity index (χ0) is 23.6. The van der Waals surface area contributed by atoms with Crippen molar-refractivity contribution in [3.05, 3.63) is 52.3 Å². The number of ether oxygens (including phenoxy) is 1. The van der Waals surface area contributed by atoms with Crippen LogP contribution < -0.4 is 0 Å². The molecule has 1 aliphatic heterocycles. The minimum Gasteiger partial charge on any atom is -0.507 e. The summed E-state index contributed by atoms with van der Waals surface area (Å²) in [6.45, 7) is 10.4. The molecule has 0 saturated carbocycles. The molecule has 32 heavy (non-hydrogen) atoms. The molecular formula is C25H32N2O5. The second-order valence-electron chi connectivity index (χ2n) is 8.87. The molecule has 1 fully saturated rings. The number of likely N-dealkylation sites (tertiary alicyclic amines) is 1. The van der Waals surface area contributed by atoms with Crippen molar-refractivity contribution in [1.29, 1.82) is 0 Å². The highest BCUT2D eigenvalue weighted by Gasteiger charge is 2.30. The standard InChI is InChI=1S/C25H32N2O5/c1-15(2)27-17(4)13-20(18(27)5)23(29)14-32-25(31)19-8-10-26(11-9-19)24(30)21-12-16(3)6-7-22(21)28/h6-7,12-13,15,19,28H,8-11,14H2,1-5H3. The summed E-state index contributed by atoms with van der Waals surface area (Å²) in [5.41, 5.74) is 3.63. The Hall–Kier alpha value is -3.09. The smallest absolute Gasteiger partial charge is 0.309 e. The Kier molecular flexibility index (Phi) is 7.06. The van der Waals surface area contributed by atoms with Crippen LogP contribution >= 0.6 is 0 Å². The molecule has 0 spiro atoms. The normalized spacial score (nSPS) is 14.6. The molecule has 3 rings (SSSR count). The quantitative estimate of drug-likeness (QED) is 0.542. The lowest BCUT2D eigenvalue weighted by molar-refractivity contribution is -0.148. The van der Waals surface area contributed by atoms with E-state index in [0.29, 0.717) is 31.5 Å². The summed E-state index contributed by atoms with van der Waals surface area (Å²) < 4.78 is 7.43. The van der Waals surface area contributed by atoms with Gasteiger partial charge < -0.3 is 19.3 Å². The molecule has 0 radical (unpaired) electrons. The summed E-state index contributed by atoms with van der Waals surface area (Å²) in [6, 6.07) is 7.02. The van der Waals surface area contributed by atoms with Crippen LogP contribution in [0.25, 0.3) is 0 Å². The molecule has 1 aromatic heterocycles. The minimum absolute atomic E-state index is 0.0440. The fraction of sp³-hybridized carbons (Fsp3) is 0.480. The van der Waals surface area contributed by atoms with Crippen molar-refractivity contribution in [1.82, 2.24) is 9.47 Å². The molecule has 1 amide bonds. The number of phenolic OH excluding ortho intramolecular Hbond substituents is 1. The van der Waals surface area contributed by atoms with Crippen molar-refractivity contribution >= 4 is 17.7 Å². The fourth-order valence-electron chi connectivity index (χ4n) is 4.50. The number of benzene rings is 1. The van der Waals surface area contributed by atoms with E-state index >= 15 is 0 Å². The lowest BCUT2D eigenvalue weighted by Crippen LogP contribution is -2.40. The van der Waals surface area contributed by atoms with Gasteiger partial charge >= 0.3 is 5.97 Å². The molecule has 1 aromatic carbocycles. The van der Waals surface area contributed by atoms with E-state index in [2.05, 4.69) is 18.4 Å². The molecule has 2 aromatic rings. The van der Waals surface area contributed by atoms with Crippen LogP contribution in [0.2, 0.25) is 0 Å². The lowest BCUT2D eigenvalue weighted by Gasteiger charge is -2.31. The van der Waals surface area contributed by atoms with E-state index in [4.69, 9.17) is 4.74 Å². The van der Waals surface area contributed by atoms with Gasteiger partial charge in [-0.15, -0.1) is 0 Å². The summed E-state index contributed by atoms with van der Waals surface area (Å²) in [5.74, 6) is -1.24. The molecule has 2 heterocycles. The number of carbonyl (C=O) groups is 3. The van der Waals surface area contributed by atoms with Gasteiger partial charge in [0.25, 0.3) is 5.91 Å². The third-order valence-corrected chi connectivity index (χ3v) is 6.14. The number of amides is 1. The highest BCUT2D eigenvalue weighted by atomic mass is 16.5. The van der Waals surface area contributed by atoms with E-state index < -0.39 is 5.97 Å². The van der Waals surface area contributed by atoms with Crippen LogP contribution in [0.5, 0.6) is 5.75 Å². The Morgan fingerprint density at radius 3 is 2.31 bits per heavy atom. The minimum atomic E-state index is -0.401. The van der Waals surface area contributed by atoms with Crippen molar-refractivity contribution in [3.63, 3.8) is 0 Å². The van der Waals surface area contributed by atoms with Gasteiger partial charge in [0, 0.05) is 36.1 Å². The molecule has 0 bridgehead atoms. The Morgan fingerprint density at radius 2 is 1.72 bits per heavy atom. The van der Waals surface area contributed by atoms with Gasteiger partial charge in [-0.3, -0.25) is 14.4 Å². The van der Waals surface area contributed by atoms with Crippen molar-refractivity contribution in [2.45, 2.75) is 53.5 Å². The number of hydrogen-bond donors (Lipinski definition) is 1. The van der Waals surface area contributed by atoms with Gasteiger partial charge in [-0.25, -0.2) is 0 Å². The zero-order valence-electron chi connectivity index (χ0n) is 19.5. The second kappa shape index (κ2) is 9.59. The number of hydrogen-bond acceptors (Lipinski definition) is 5. The van der Waals surface area contributed by atoms with E-state index in [0.717, 1.165) is 17.0 Å². The van der Waals surface area contributed by atoms with E-state index in [1.54, 1.807) is 17.0 Å². The van der Waals surface area contributed by atoms with Gasteiger partial charge in [-0.05, 0) is 65.7 Å². The van der Waals surface area contributed by atoms with Crippen molar-refractivity contribution in [2.24, 2.45) is 5.92 Å². The van der Waals surface area contributed by atoms with Gasteiger partial charge in [0.05, 0.1) is 11.5 Å². The molecule has 0 atom stereocenters. The van der Waals surface area contributed by atoms with Gasteiger partial charge in [0.1, 0.15) is 5.75 Å². The molecule has 1 aliphatic rings. The van der Waals surface area contributed by atoms with E-state index in [1.165, 1.54) is 6.07 Å². The number of esters is 1. The Morgan fingerprint density at radius 1 is 1.06 bits per heavy atom. The largest absolute Gasteiger partial charge is 0.507 e. The first kappa shape index (κ1) is 23.6. The summed E-state index contributed by atoms with van der Waals surface area (Å²) in [4.78, 5) is 39.5. The number of ketones is 1. The molecule has 7 heteroatoms. The summed E-state index contributed by atoms with van der Waals surface area (Å²) in [6.07, 6.45) is 0.931. The number of Topliss-reactive ketones (excluding diaryl/α,β-unsaturated/α-hetero) is 1. The van der Waals surface area contributed by atoms with Gasteiger partial charge in [0.15, 0.2) is 6.61 Å². The van der Waals surface area contributed by atoms with Crippen LogP contribution in [0, 0.1) is 26.7 Å². The van der Waals surface area contributed by atoms with Crippen LogP contribution in [0.3, 0.4) is 0 Å². The van der Waals surface area contributed by atoms with E-state index in [1.807, 2.05) is 26.8 Å². The number of phenols is 1. The van der Waals surface area contributed by atoms with E-state index in [9.17, 15) is 19.5 Å². The van der Waals surface area contributed by atoms with Gasteiger partial charge in [0.2, 0.25) is 5.78 Å². The molecule has 1 N–H and O–H groups in total. The van der Waals surface area contributed by atoms with Crippen LogP contribution in [-0.4, -0.2) is 51.9 Å². The molecule has 7 nitrogen and oxygen atoms in total. The predicted molar refractivity (Wildman–Crippen MR) is 121 cm³/mol. The first-order valence-corrected chi connectivity index (χ1v) is 11.1. The molecule has 172 valence electrons. The second-order valence-corrected chi connectivity index (χ2v) is 8.87. The maximum absolute atomic E-state index is 12.7. The summed E-state index contributed by atoms with van der Waals surface area (Å²) in [7, 11) is 0. The maximum atomic E-state index is 12.7. The third kappa shape index (κ3) is 4.87. The summed E-state index contributed by atoms with van der Waals surface area (Å²) in [5, 5.41) is 10.0. The lowest BCUT2D eigenvalue weighted by atomic mass is 9.96. The molecule has 1 saturated heterocycles. The molecular weight excluding hydrogens is 408 g/mol. The Balaban J connectivity index is 1.54. The molecule has 0 aliphatic carbocycles. The predicted octanol–water partition coefficient (Wildman–Crippen LogP) is 3.98. The number of carbonyl (C=O) groups excluding carboxylic acids is 3. The number of aromatic nitrogens is 1. The van der Waals surface area contributed by atoms with Crippen molar-refractivity contribution in [2.75, 3.05) is 19.7 Å². The topological polar surface area (TPSA) is 88.8 Å². The van der Waals surface area contributed by atoms with Gasteiger partial charge in [-0.2, -0.15) is 0 Å². The van der Waals surface area contributed by atoms with Crippen LogP contribution in [-0.2, 0) is 9.53 Å². The molecule has 0 unspecified atom stereocenters. The monoisotopic (exact) mass is 440 g/mol. The van der Waals surface area contributed by atoms with Crippen LogP contribution in [0.1, 0.15) is 70.4 Å². The van der Waals surface area contributed by atoms with Crippen LogP contribution in [0.4, 0.5) is 0 Å². The SMILES string of the molecule is Cc1ccc(O)c(C(=O)N2CCC(C(=O)OCC(=O)c3cc(C)n(C(C)C)c3C)CC2)c1. The fourth-order valence-corrected chi connectivity index (χ4v) is 4.50. The number of nitrogens with zero attached hydrogens (tertiary/aromatic N) is 2. The Bertz CT molecular complexity index is 1030. The highest BCUT2D eigenvalue weighted by molar-refractivity contribution is 5.99. The number of rotatable bonds is 6. The Labute approximate surface area is 189 Å². The zero-order valence-corrected chi connectivity index (χ0v) is 19.5. The average molecular weight is 441 g/mol. The number of aromatic hydroxyl groups is 1. The van der Waals surface area contributed by atoms with E-state index in [-0.39, 0.29) is 41.6 Å². The highest BCUT2D eigenvalue weighted by Crippen LogP contribution is 2.25. The summed E-state index contributed by atoms with van der Waals surface area (Å²) >= 11 is 0. The van der Waals surface area contributed by atoms with Gasteiger partial charge in [-0.1, -0.05) is 11.6 Å². The third-order valence-electron chi connectivity index (χ3n) is 6.14. The number of aryl methyl sites for hydroxylation is 2. The van der Waals surface area contributed by atoms with Crippen LogP contribution in [0.15, 0.2) is 24.3 Å². The first-order chi connectivity index (χ1) is 15.1. The maximum Gasteiger partial charge on any atom is 0.309 e. The first-order valence-electron chi connectivity index (χ1n) is 11.1.